The highest BCUT2D eigenvalue weighted by Crippen LogP contribution is 2.47. The molecule has 1 aromatic carbocycles. The molecule has 1 atom stereocenters. The second kappa shape index (κ2) is 5.82. The summed E-state index contributed by atoms with van der Waals surface area (Å²) in [5.74, 6) is 1.32. The highest BCUT2D eigenvalue weighted by molar-refractivity contribution is 5.22. The van der Waals surface area contributed by atoms with Gasteiger partial charge in [-0.15, -0.1) is 0 Å². The molecule has 0 aromatic heterocycles. The number of likely N-dealkylation sites (N-methyl/N-ethyl adjacent to an activating group) is 1. The second-order valence-corrected chi connectivity index (χ2v) is 6.65. The molecule has 0 amide bonds. The number of rotatable bonds is 5. The van der Waals surface area contributed by atoms with Crippen molar-refractivity contribution in [1.29, 1.82) is 0 Å². The van der Waals surface area contributed by atoms with Crippen molar-refractivity contribution >= 4 is 0 Å². The highest BCUT2D eigenvalue weighted by atomic mass is 19.1. The molecule has 0 saturated heterocycles. The first-order valence-corrected chi connectivity index (χ1v) is 7.58. The Kier molecular flexibility index (Phi) is 4.50. The van der Waals surface area contributed by atoms with Gasteiger partial charge < -0.3 is 5.73 Å². The number of nitrogens with two attached hydrogens (primary N) is 1. The molecule has 0 radical (unpaired) electrons. The summed E-state index contributed by atoms with van der Waals surface area (Å²) in [4.78, 5) is 2.28. The van der Waals surface area contributed by atoms with Gasteiger partial charge in [0.15, 0.2) is 0 Å². The predicted molar refractivity (Wildman–Crippen MR) is 81.9 cm³/mol. The fourth-order valence-corrected chi connectivity index (χ4v) is 3.42. The van der Waals surface area contributed by atoms with E-state index in [1.54, 1.807) is 6.07 Å². The van der Waals surface area contributed by atoms with Gasteiger partial charge in [-0.25, -0.2) is 4.39 Å². The Morgan fingerprint density at radius 1 is 1.30 bits per heavy atom. The molecule has 1 saturated carbocycles. The molecule has 0 bridgehead atoms. The third-order valence-corrected chi connectivity index (χ3v) is 5.29. The van der Waals surface area contributed by atoms with E-state index in [0.29, 0.717) is 12.5 Å². The van der Waals surface area contributed by atoms with Crippen LogP contribution in [0, 0.1) is 17.7 Å². The van der Waals surface area contributed by atoms with E-state index in [0.717, 1.165) is 24.3 Å². The number of halogens is 1. The zero-order valence-corrected chi connectivity index (χ0v) is 13.1. The summed E-state index contributed by atoms with van der Waals surface area (Å²) in [6.45, 7) is 7.25. The Morgan fingerprint density at radius 3 is 2.40 bits per heavy atom. The van der Waals surface area contributed by atoms with Crippen LogP contribution in [0.25, 0.3) is 0 Å². The minimum Gasteiger partial charge on any atom is -0.329 e. The first-order valence-electron chi connectivity index (χ1n) is 7.58. The zero-order valence-electron chi connectivity index (χ0n) is 13.1. The standard InChI is InChI=1S/C17H27FN2/c1-12(2)14-9-17(10-14,11-19)20(4)13(3)15-7-5-6-8-16(15)18/h5-8,12-14H,9-11,19H2,1-4H3. The Balaban J connectivity index is 2.14. The maximum Gasteiger partial charge on any atom is 0.127 e. The fourth-order valence-electron chi connectivity index (χ4n) is 3.42. The summed E-state index contributed by atoms with van der Waals surface area (Å²) < 4.78 is 14.0. The van der Waals surface area contributed by atoms with Gasteiger partial charge in [0.05, 0.1) is 0 Å². The SMILES string of the molecule is CC(C)C1CC(CN)(N(C)C(C)c2ccccc2F)C1. The van der Waals surface area contributed by atoms with Crippen molar-refractivity contribution in [2.45, 2.75) is 45.2 Å². The molecular formula is C17H27FN2. The number of nitrogens with zero attached hydrogens (tertiary/aromatic N) is 1. The van der Waals surface area contributed by atoms with Gasteiger partial charge in [-0.05, 0) is 44.7 Å². The monoisotopic (exact) mass is 278 g/mol. The van der Waals surface area contributed by atoms with Crippen LogP contribution in [-0.4, -0.2) is 24.0 Å². The summed E-state index contributed by atoms with van der Waals surface area (Å²) >= 11 is 0. The molecule has 2 nitrogen and oxygen atoms in total. The van der Waals surface area contributed by atoms with Crippen LogP contribution in [0.2, 0.25) is 0 Å². The summed E-state index contributed by atoms with van der Waals surface area (Å²) in [5, 5.41) is 0. The van der Waals surface area contributed by atoms with Gasteiger partial charge in [0.2, 0.25) is 0 Å². The first-order chi connectivity index (χ1) is 9.41. The van der Waals surface area contributed by atoms with Crippen LogP contribution in [0.15, 0.2) is 24.3 Å². The molecular weight excluding hydrogens is 251 g/mol. The van der Waals surface area contributed by atoms with Gasteiger partial charge in [-0.3, -0.25) is 4.90 Å². The fraction of sp³-hybridized carbons (Fsp3) is 0.647. The maximum absolute atomic E-state index is 14.0. The Hall–Kier alpha value is -0.930. The van der Waals surface area contributed by atoms with E-state index in [1.165, 1.54) is 6.07 Å². The zero-order chi connectivity index (χ0) is 14.9. The van der Waals surface area contributed by atoms with Crippen molar-refractivity contribution in [2.75, 3.05) is 13.6 Å². The van der Waals surface area contributed by atoms with Crippen LogP contribution in [0.4, 0.5) is 4.39 Å². The Bertz CT molecular complexity index is 452. The third kappa shape index (κ3) is 2.61. The molecule has 112 valence electrons. The Labute approximate surface area is 122 Å². The van der Waals surface area contributed by atoms with Crippen molar-refractivity contribution in [1.82, 2.24) is 4.90 Å². The Morgan fingerprint density at radius 2 is 1.90 bits per heavy atom. The first kappa shape index (κ1) is 15.5. The molecule has 1 aliphatic rings. The van der Waals surface area contributed by atoms with Crippen LogP contribution < -0.4 is 5.73 Å². The molecule has 0 aliphatic heterocycles. The summed E-state index contributed by atoms with van der Waals surface area (Å²) in [6, 6.07) is 7.09. The third-order valence-electron chi connectivity index (χ3n) is 5.29. The largest absolute Gasteiger partial charge is 0.329 e. The van der Waals surface area contributed by atoms with E-state index in [2.05, 4.69) is 32.7 Å². The molecule has 2 N–H and O–H groups in total. The second-order valence-electron chi connectivity index (χ2n) is 6.65. The van der Waals surface area contributed by atoms with Gasteiger partial charge in [0.1, 0.15) is 5.82 Å². The topological polar surface area (TPSA) is 29.3 Å². The van der Waals surface area contributed by atoms with E-state index in [1.807, 2.05) is 12.1 Å². The molecule has 0 spiro atoms. The average Bonchev–Trinajstić information content (AvgIpc) is 2.37. The van der Waals surface area contributed by atoms with Crippen LogP contribution in [0.1, 0.15) is 45.2 Å². The average molecular weight is 278 g/mol. The van der Waals surface area contributed by atoms with E-state index < -0.39 is 0 Å². The lowest BCUT2D eigenvalue weighted by molar-refractivity contribution is -0.0409. The van der Waals surface area contributed by atoms with Gasteiger partial charge in [-0.2, -0.15) is 0 Å². The van der Waals surface area contributed by atoms with E-state index in [-0.39, 0.29) is 17.4 Å². The minimum atomic E-state index is -0.126. The molecule has 1 aromatic rings. The highest BCUT2D eigenvalue weighted by Gasteiger charge is 2.48. The number of benzene rings is 1. The van der Waals surface area contributed by atoms with Crippen LogP contribution in [-0.2, 0) is 0 Å². The number of hydrogen-bond acceptors (Lipinski definition) is 2. The lowest BCUT2D eigenvalue weighted by atomic mass is 9.63. The molecule has 2 rings (SSSR count). The smallest absolute Gasteiger partial charge is 0.127 e. The molecule has 1 unspecified atom stereocenters. The predicted octanol–water partition coefficient (Wildman–Crippen LogP) is 3.58. The summed E-state index contributed by atoms with van der Waals surface area (Å²) in [6.07, 6.45) is 2.24. The quantitative estimate of drug-likeness (QED) is 0.892. The lowest BCUT2D eigenvalue weighted by Crippen LogP contribution is -2.61. The van der Waals surface area contributed by atoms with Crippen LogP contribution in [0.3, 0.4) is 0 Å². The normalized spacial score (nSPS) is 27.7. The van der Waals surface area contributed by atoms with Crippen molar-refractivity contribution in [2.24, 2.45) is 17.6 Å². The summed E-state index contributed by atoms with van der Waals surface area (Å²) in [7, 11) is 2.08. The van der Waals surface area contributed by atoms with Crippen molar-refractivity contribution in [3.05, 3.63) is 35.6 Å². The van der Waals surface area contributed by atoms with Crippen molar-refractivity contribution in [3.63, 3.8) is 0 Å². The van der Waals surface area contributed by atoms with Crippen molar-refractivity contribution in [3.8, 4) is 0 Å². The lowest BCUT2D eigenvalue weighted by Gasteiger charge is -2.56. The molecule has 3 heteroatoms. The maximum atomic E-state index is 14.0. The van der Waals surface area contributed by atoms with Gasteiger partial charge >= 0.3 is 0 Å². The van der Waals surface area contributed by atoms with E-state index >= 15 is 0 Å². The van der Waals surface area contributed by atoms with E-state index in [4.69, 9.17) is 5.73 Å². The molecule has 1 aliphatic carbocycles. The molecule has 0 heterocycles. The number of hydrogen-bond donors (Lipinski definition) is 1. The van der Waals surface area contributed by atoms with Gasteiger partial charge in [0.25, 0.3) is 0 Å². The molecule has 20 heavy (non-hydrogen) atoms. The van der Waals surface area contributed by atoms with Crippen molar-refractivity contribution < 1.29 is 4.39 Å². The minimum absolute atomic E-state index is 0.0383. The van der Waals surface area contributed by atoms with Crippen LogP contribution in [0.5, 0.6) is 0 Å². The van der Waals surface area contributed by atoms with Gasteiger partial charge in [0, 0.05) is 23.7 Å². The molecule has 1 fully saturated rings. The summed E-state index contributed by atoms with van der Waals surface area (Å²) in [5.41, 5.74) is 6.85. The van der Waals surface area contributed by atoms with Gasteiger partial charge in [-0.1, -0.05) is 32.0 Å². The van der Waals surface area contributed by atoms with Crippen LogP contribution >= 0.6 is 0 Å². The van der Waals surface area contributed by atoms with E-state index in [9.17, 15) is 4.39 Å².